The van der Waals surface area contributed by atoms with Crippen LogP contribution in [0.2, 0.25) is 0 Å². The lowest BCUT2D eigenvalue weighted by Crippen LogP contribution is -2.28. The van der Waals surface area contributed by atoms with Crippen molar-refractivity contribution < 1.29 is 13.6 Å². The highest BCUT2D eigenvalue weighted by Gasteiger charge is 2.13. The molecule has 0 unspecified atom stereocenters. The molecule has 4 nitrogen and oxygen atoms in total. The Labute approximate surface area is 95.8 Å². The molecule has 0 fully saturated rings. The third-order valence-corrected chi connectivity index (χ3v) is 2.37. The topological polar surface area (TPSA) is 70.9 Å². The number of H-pyrrole nitrogens is 1. The van der Waals surface area contributed by atoms with E-state index < -0.39 is 18.9 Å². The van der Waals surface area contributed by atoms with Gasteiger partial charge in [-0.1, -0.05) is 0 Å². The van der Waals surface area contributed by atoms with Crippen LogP contribution in [0.3, 0.4) is 0 Å². The molecule has 0 saturated carbocycles. The summed E-state index contributed by atoms with van der Waals surface area (Å²) in [5, 5.41) is 2.81. The fourth-order valence-corrected chi connectivity index (χ4v) is 1.60. The summed E-state index contributed by atoms with van der Waals surface area (Å²) in [7, 11) is 0. The first-order valence-electron chi connectivity index (χ1n) is 5.01. The van der Waals surface area contributed by atoms with Crippen LogP contribution in [0, 0.1) is 0 Å². The van der Waals surface area contributed by atoms with Gasteiger partial charge in [0.2, 0.25) is 0 Å². The highest BCUT2D eigenvalue weighted by atomic mass is 19.3. The molecule has 0 aliphatic heterocycles. The van der Waals surface area contributed by atoms with Crippen molar-refractivity contribution >= 4 is 22.5 Å². The fourth-order valence-electron chi connectivity index (χ4n) is 1.60. The number of hydrogen-bond donors (Lipinski definition) is 3. The Morgan fingerprint density at radius 1 is 1.47 bits per heavy atom. The summed E-state index contributed by atoms with van der Waals surface area (Å²) in [4.78, 5) is 14.5. The van der Waals surface area contributed by atoms with Gasteiger partial charge >= 0.3 is 0 Å². The van der Waals surface area contributed by atoms with Crippen LogP contribution >= 0.6 is 0 Å². The first-order chi connectivity index (χ1) is 8.08. The second-order valence-corrected chi connectivity index (χ2v) is 3.61. The SMILES string of the molecule is Nc1ccc2c(C(=O)NCC(F)F)c[nH]c2c1. The van der Waals surface area contributed by atoms with Crippen molar-refractivity contribution in [3.05, 3.63) is 30.0 Å². The molecule has 1 aromatic heterocycles. The standard InChI is InChI=1S/C11H11F2N3O/c12-10(13)5-16-11(17)8-4-15-9-3-6(14)1-2-7(8)9/h1-4,10,15H,5,14H2,(H,16,17). The van der Waals surface area contributed by atoms with Gasteiger partial charge in [-0.3, -0.25) is 4.79 Å². The molecule has 2 aromatic rings. The molecule has 1 amide bonds. The minimum Gasteiger partial charge on any atom is -0.399 e. The first kappa shape index (κ1) is 11.4. The zero-order valence-corrected chi connectivity index (χ0v) is 8.84. The highest BCUT2D eigenvalue weighted by molar-refractivity contribution is 6.07. The van der Waals surface area contributed by atoms with E-state index in [0.717, 1.165) is 0 Å². The van der Waals surface area contributed by atoms with Gasteiger partial charge in [0.25, 0.3) is 12.3 Å². The maximum absolute atomic E-state index is 12.0. The molecule has 0 aliphatic rings. The fraction of sp³-hybridized carbons (Fsp3) is 0.182. The molecule has 90 valence electrons. The molecular formula is C11H11F2N3O. The normalized spacial score (nSPS) is 11.0. The van der Waals surface area contributed by atoms with E-state index in [4.69, 9.17) is 5.73 Å². The van der Waals surface area contributed by atoms with E-state index in [1.165, 1.54) is 6.20 Å². The molecule has 0 aliphatic carbocycles. The Morgan fingerprint density at radius 2 is 2.24 bits per heavy atom. The summed E-state index contributed by atoms with van der Waals surface area (Å²) >= 11 is 0. The van der Waals surface area contributed by atoms with E-state index in [2.05, 4.69) is 10.3 Å². The van der Waals surface area contributed by atoms with Crippen molar-refractivity contribution in [2.24, 2.45) is 0 Å². The molecule has 0 radical (unpaired) electrons. The Kier molecular flexibility index (Phi) is 2.95. The van der Waals surface area contributed by atoms with E-state index in [9.17, 15) is 13.6 Å². The molecule has 0 bridgehead atoms. The quantitative estimate of drug-likeness (QED) is 0.714. The maximum Gasteiger partial charge on any atom is 0.255 e. The Balaban J connectivity index is 2.27. The number of aromatic nitrogens is 1. The van der Waals surface area contributed by atoms with Gasteiger partial charge in [-0.25, -0.2) is 8.78 Å². The molecule has 0 spiro atoms. The summed E-state index contributed by atoms with van der Waals surface area (Å²) in [6.45, 7) is -0.652. The van der Waals surface area contributed by atoms with E-state index in [0.29, 0.717) is 22.2 Å². The summed E-state index contributed by atoms with van der Waals surface area (Å²) in [6, 6.07) is 5.01. The number of alkyl halides is 2. The van der Waals surface area contributed by atoms with Crippen molar-refractivity contribution in [2.45, 2.75) is 6.43 Å². The van der Waals surface area contributed by atoms with Gasteiger partial charge in [-0.15, -0.1) is 0 Å². The number of carbonyl (C=O) groups excluding carboxylic acids is 1. The molecule has 6 heteroatoms. The number of hydrogen-bond acceptors (Lipinski definition) is 2. The number of carbonyl (C=O) groups is 1. The Hall–Kier alpha value is -2.11. The summed E-state index contributed by atoms with van der Waals surface area (Å²) in [5.74, 6) is -0.527. The lowest BCUT2D eigenvalue weighted by atomic mass is 10.1. The van der Waals surface area contributed by atoms with Crippen LogP contribution in [0.4, 0.5) is 14.5 Å². The number of nitrogens with two attached hydrogens (primary N) is 1. The first-order valence-corrected chi connectivity index (χ1v) is 5.01. The summed E-state index contributed by atoms with van der Waals surface area (Å²) in [6.07, 6.45) is -1.08. The van der Waals surface area contributed by atoms with Crippen LogP contribution in [0.5, 0.6) is 0 Å². The van der Waals surface area contributed by atoms with Gasteiger partial charge in [-0.2, -0.15) is 0 Å². The van der Waals surface area contributed by atoms with Crippen molar-refractivity contribution in [3.8, 4) is 0 Å². The van der Waals surface area contributed by atoms with E-state index in [1.54, 1.807) is 18.2 Å². The van der Waals surface area contributed by atoms with Crippen molar-refractivity contribution in [1.82, 2.24) is 10.3 Å². The second-order valence-electron chi connectivity index (χ2n) is 3.61. The number of halogens is 2. The molecule has 1 aromatic carbocycles. The van der Waals surface area contributed by atoms with Gasteiger partial charge in [-0.05, 0) is 18.2 Å². The number of amides is 1. The highest BCUT2D eigenvalue weighted by Crippen LogP contribution is 2.20. The third-order valence-electron chi connectivity index (χ3n) is 2.37. The molecule has 4 N–H and O–H groups in total. The zero-order chi connectivity index (χ0) is 12.4. The van der Waals surface area contributed by atoms with Gasteiger partial charge in [0.15, 0.2) is 0 Å². The third kappa shape index (κ3) is 2.35. The number of rotatable bonds is 3. The van der Waals surface area contributed by atoms with Crippen LogP contribution in [-0.2, 0) is 0 Å². The number of nitrogen functional groups attached to an aromatic ring is 1. The molecule has 1 heterocycles. The minimum absolute atomic E-state index is 0.334. The minimum atomic E-state index is -2.56. The lowest BCUT2D eigenvalue weighted by molar-refractivity contribution is 0.0893. The van der Waals surface area contributed by atoms with Gasteiger partial charge in [0, 0.05) is 22.8 Å². The molecule has 2 rings (SSSR count). The number of anilines is 1. The van der Waals surface area contributed by atoms with E-state index in [-0.39, 0.29) is 0 Å². The van der Waals surface area contributed by atoms with Crippen molar-refractivity contribution in [1.29, 1.82) is 0 Å². The maximum atomic E-state index is 12.0. The van der Waals surface area contributed by atoms with Gasteiger partial charge < -0.3 is 16.0 Å². The van der Waals surface area contributed by atoms with Crippen LogP contribution in [0.1, 0.15) is 10.4 Å². The average Bonchev–Trinajstić information content (AvgIpc) is 2.68. The predicted octanol–water partition coefficient (Wildman–Crippen LogP) is 1.74. The van der Waals surface area contributed by atoms with Crippen LogP contribution in [0.25, 0.3) is 10.9 Å². The average molecular weight is 239 g/mol. The number of benzene rings is 1. The number of fused-ring (bicyclic) bond motifs is 1. The van der Waals surface area contributed by atoms with Gasteiger partial charge in [0.1, 0.15) is 0 Å². The van der Waals surface area contributed by atoms with Crippen molar-refractivity contribution in [3.63, 3.8) is 0 Å². The Bertz CT molecular complexity index is 551. The molecule has 0 atom stereocenters. The summed E-state index contributed by atoms with van der Waals surface area (Å²) < 4.78 is 23.9. The molecule has 0 saturated heterocycles. The molecule has 17 heavy (non-hydrogen) atoms. The number of nitrogens with one attached hydrogen (secondary N) is 2. The predicted molar refractivity (Wildman–Crippen MR) is 61.0 cm³/mol. The Morgan fingerprint density at radius 3 is 2.94 bits per heavy atom. The number of aromatic amines is 1. The lowest BCUT2D eigenvalue weighted by Gasteiger charge is -2.03. The van der Waals surface area contributed by atoms with Gasteiger partial charge in [0.05, 0.1) is 12.1 Å². The second kappa shape index (κ2) is 4.40. The zero-order valence-electron chi connectivity index (χ0n) is 8.84. The summed E-state index contributed by atoms with van der Waals surface area (Å²) in [5.41, 5.74) is 7.19. The van der Waals surface area contributed by atoms with E-state index in [1.807, 2.05) is 0 Å². The largest absolute Gasteiger partial charge is 0.399 e. The van der Waals surface area contributed by atoms with Crippen LogP contribution < -0.4 is 11.1 Å². The van der Waals surface area contributed by atoms with Crippen LogP contribution in [-0.4, -0.2) is 23.9 Å². The monoisotopic (exact) mass is 239 g/mol. The molecular weight excluding hydrogens is 228 g/mol. The van der Waals surface area contributed by atoms with Crippen molar-refractivity contribution in [2.75, 3.05) is 12.3 Å². The van der Waals surface area contributed by atoms with E-state index >= 15 is 0 Å². The van der Waals surface area contributed by atoms with Crippen LogP contribution in [0.15, 0.2) is 24.4 Å². The smallest absolute Gasteiger partial charge is 0.255 e.